The molecule has 0 saturated heterocycles. The molecule has 3 aromatic rings. The Balaban J connectivity index is 1.99. The summed E-state index contributed by atoms with van der Waals surface area (Å²) < 4.78 is 0. The second-order valence-electron chi connectivity index (χ2n) is 4.93. The van der Waals surface area contributed by atoms with Gasteiger partial charge in [-0.25, -0.2) is 4.98 Å². The molecule has 0 bridgehead atoms. The topological polar surface area (TPSA) is 74.8 Å². The van der Waals surface area contributed by atoms with Crippen LogP contribution in [0.25, 0.3) is 10.9 Å². The van der Waals surface area contributed by atoms with Gasteiger partial charge in [0.15, 0.2) is 0 Å². The van der Waals surface area contributed by atoms with Gasteiger partial charge in [-0.2, -0.15) is 0 Å². The highest BCUT2D eigenvalue weighted by Crippen LogP contribution is 2.25. The van der Waals surface area contributed by atoms with E-state index in [0.29, 0.717) is 22.4 Å². The zero-order valence-electron chi connectivity index (χ0n) is 12.0. The average molecular weight is 348 g/mol. The molecule has 0 fully saturated rings. The Morgan fingerprint density at radius 3 is 2.57 bits per heavy atom. The number of nitrogens with zero attached hydrogens (tertiary/aromatic N) is 1. The molecule has 0 aliphatic carbocycles. The van der Waals surface area contributed by atoms with Crippen molar-refractivity contribution < 1.29 is 4.79 Å². The van der Waals surface area contributed by atoms with Gasteiger partial charge in [0.05, 0.1) is 26.5 Å². The lowest BCUT2D eigenvalue weighted by Gasteiger charge is -2.09. The van der Waals surface area contributed by atoms with Crippen LogP contribution in [-0.4, -0.2) is 15.9 Å². The second kappa shape index (κ2) is 6.02. The SMILES string of the molecule is Cc1nc2ccc(NC(=O)c3c(Cl)cccc3Cl)cc2c(=O)[nH]1. The van der Waals surface area contributed by atoms with Gasteiger partial charge in [-0.3, -0.25) is 9.59 Å². The minimum Gasteiger partial charge on any atom is -0.322 e. The predicted molar refractivity (Wildman–Crippen MR) is 91.5 cm³/mol. The molecule has 0 saturated carbocycles. The number of carbonyl (C=O) groups is 1. The van der Waals surface area contributed by atoms with Crippen LogP contribution in [0.15, 0.2) is 41.2 Å². The zero-order valence-corrected chi connectivity index (χ0v) is 13.5. The maximum atomic E-state index is 12.3. The van der Waals surface area contributed by atoms with Crippen LogP contribution in [-0.2, 0) is 0 Å². The van der Waals surface area contributed by atoms with E-state index in [1.165, 1.54) is 0 Å². The Labute approximate surface area is 141 Å². The van der Waals surface area contributed by atoms with Gasteiger partial charge in [0.2, 0.25) is 0 Å². The lowest BCUT2D eigenvalue weighted by molar-refractivity contribution is 0.102. The number of aryl methyl sites for hydroxylation is 1. The minimum atomic E-state index is -0.448. The van der Waals surface area contributed by atoms with E-state index >= 15 is 0 Å². The van der Waals surface area contributed by atoms with E-state index < -0.39 is 5.91 Å². The molecular formula is C16H11Cl2N3O2. The molecule has 23 heavy (non-hydrogen) atoms. The average Bonchev–Trinajstić information content (AvgIpc) is 2.47. The van der Waals surface area contributed by atoms with E-state index in [2.05, 4.69) is 15.3 Å². The van der Waals surface area contributed by atoms with E-state index in [1.807, 2.05) is 0 Å². The van der Waals surface area contributed by atoms with Crippen molar-refractivity contribution in [1.29, 1.82) is 0 Å². The van der Waals surface area contributed by atoms with Gasteiger partial charge >= 0.3 is 0 Å². The van der Waals surface area contributed by atoms with Crippen LogP contribution in [0.1, 0.15) is 16.2 Å². The number of hydrogen-bond acceptors (Lipinski definition) is 3. The highest BCUT2D eigenvalue weighted by Gasteiger charge is 2.15. The molecule has 0 aliphatic heterocycles. The number of H-pyrrole nitrogens is 1. The molecule has 1 aromatic heterocycles. The lowest BCUT2D eigenvalue weighted by atomic mass is 10.2. The number of amides is 1. The van der Waals surface area contributed by atoms with Crippen molar-refractivity contribution >= 4 is 45.7 Å². The van der Waals surface area contributed by atoms with Crippen molar-refractivity contribution in [2.24, 2.45) is 0 Å². The monoisotopic (exact) mass is 347 g/mol. The number of hydrogen-bond donors (Lipinski definition) is 2. The molecule has 0 spiro atoms. The van der Waals surface area contributed by atoms with Crippen LogP contribution < -0.4 is 10.9 Å². The van der Waals surface area contributed by atoms with E-state index in [1.54, 1.807) is 43.3 Å². The van der Waals surface area contributed by atoms with Crippen LogP contribution in [0, 0.1) is 6.92 Å². The number of fused-ring (bicyclic) bond motifs is 1. The largest absolute Gasteiger partial charge is 0.322 e. The number of benzene rings is 2. The second-order valence-corrected chi connectivity index (χ2v) is 5.75. The summed E-state index contributed by atoms with van der Waals surface area (Å²) in [6.45, 7) is 1.70. The first-order chi connectivity index (χ1) is 11.0. The van der Waals surface area contributed by atoms with E-state index in [0.717, 1.165) is 0 Å². The quantitative estimate of drug-likeness (QED) is 0.740. The van der Waals surface area contributed by atoms with E-state index in [-0.39, 0.29) is 21.2 Å². The van der Waals surface area contributed by atoms with Crippen LogP contribution >= 0.6 is 23.2 Å². The summed E-state index contributed by atoms with van der Waals surface area (Å²) in [6.07, 6.45) is 0. The fourth-order valence-corrected chi connectivity index (χ4v) is 2.81. The fourth-order valence-electron chi connectivity index (χ4n) is 2.24. The Morgan fingerprint density at radius 1 is 1.17 bits per heavy atom. The molecule has 0 aliphatic rings. The fraction of sp³-hybridized carbons (Fsp3) is 0.0625. The number of aromatic amines is 1. The number of anilines is 1. The van der Waals surface area contributed by atoms with Crippen LogP contribution in [0.4, 0.5) is 5.69 Å². The number of nitrogens with one attached hydrogen (secondary N) is 2. The Morgan fingerprint density at radius 2 is 1.87 bits per heavy atom. The maximum absolute atomic E-state index is 12.3. The third-order valence-corrected chi connectivity index (χ3v) is 3.90. The lowest BCUT2D eigenvalue weighted by Crippen LogP contribution is -2.14. The summed E-state index contributed by atoms with van der Waals surface area (Å²) in [7, 11) is 0. The van der Waals surface area contributed by atoms with Crippen molar-refractivity contribution in [3.05, 3.63) is 68.2 Å². The predicted octanol–water partition coefficient (Wildman–Crippen LogP) is 3.79. The summed E-state index contributed by atoms with van der Waals surface area (Å²) in [4.78, 5) is 31.2. The molecule has 1 heterocycles. The van der Waals surface area contributed by atoms with Gasteiger partial charge in [-0.1, -0.05) is 29.3 Å². The molecular weight excluding hydrogens is 337 g/mol. The number of aromatic nitrogens is 2. The molecule has 3 rings (SSSR count). The first-order valence-corrected chi connectivity index (χ1v) is 7.47. The van der Waals surface area contributed by atoms with Gasteiger partial charge in [-0.15, -0.1) is 0 Å². The summed E-state index contributed by atoms with van der Waals surface area (Å²) in [5.41, 5.74) is 0.931. The van der Waals surface area contributed by atoms with Gasteiger partial charge in [-0.05, 0) is 37.3 Å². The van der Waals surface area contributed by atoms with Crippen molar-refractivity contribution in [3.8, 4) is 0 Å². The molecule has 0 atom stereocenters. The molecule has 7 heteroatoms. The Hall–Kier alpha value is -2.37. The first kappa shape index (κ1) is 15.5. The van der Waals surface area contributed by atoms with E-state index in [9.17, 15) is 9.59 Å². The molecule has 2 aromatic carbocycles. The Bertz CT molecular complexity index is 962. The van der Waals surface area contributed by atoms with Crippen LogP contribution in [0.5, 0.6) is 0 Å². The molecule has 1 amide bonds. The van der Waals surface area contributed by atoms with Crippen molar-refractivity contribution in [2.75, 3.05) is 5.32 Å². The molecule has 0 radical (unpaired) electrons. The van der Waals surface area contributed by atoms with Gasteiger partial charge in [0.25, 0.3) is 11.5 Å². The van der Waals surface area contributed by atoms with Crippen molar-refractivity contribution in [1.82, 2.24) is 9.97 Å². The van der Waals surface area contributed by atoms with E-state index in [4.69, 9.17) is 23.2 Å². The maximum Gasteiger partial charge on any atom is 0.258 e. The summed E-state index contributed by atoms with van der Waals surface area (Å²) >= 11 is 12.0. The first-order valence-electron chi connectivity index (χ1n) is 6.72. The molecule has 2 N–H and O–H groups in total. The Kier molecular flexibility index (Phi) is 4.07. The van der Waals surface area contributed by atoms with Crippen LogP contribution in [0.3, 0.4) is 0 Å². The summed E-state index contributed by atoms with van der Waals surface area (Å²) in [5.74, 6) is 0.0820. The number of rotatable bonds is 2. The molecule has 0 unspecified atom stereocenters. The summed E-state index contributed by atoms with van der Waals surface area (Å²) in [5, 5.41) is 3.58. The van der Waals surface area contributed by atoms with Crippen molar-refractivity contribution in [2.45, 2.75) is 6.92 Å². The smallest absolute Gasteiger partial charge is 0.258 e. The normalized spacial score (nSPS) is 10.7. The van der Waals surface area contributed by atoms with Crippen LogP contribution in [0.2, 0.25) is 10.0 Å². The number of halogens is 2. The zero-order chi connectivity index (χ0) is 16.6. The third kappa shape index (κ3) is 3.06. The molecule has 5 nitrogen and oxygen atoms in total. The molecule has 116 valence electrons. The van der Waals surface area contributed by atoms with Crippen molar-refractivity contribution in [3.63, 3.8) is 0 Å². The standard InChI is InChI=1S/C16H11Cl2N3O2/c1-8-19-13-6-5-9(7-10(13)15(22)20-8)21-16(23)14-11(17)3-2-4-12(14)18/h2-7H,1H3,(H,21,23)(H,19,20,22). The highest BCUT2D eigenvalue weighted by molar-refractivity contribution is 6.40. The van der Waals surface area contributed by atoms with Gasteiger partial charge in [0, 0.05) is 5.69 Å². The van der Waals surface area contributed by atoms with Gasteiger partial charge in [0.1, 0.15) is 5.82 Å². The third-order valence-electron chi connectivity index (χ3n) is 3.27. The van der Waals surface area contributed by atoms with Gasteiger partial charge < -0.3 is 10.3 Å². The highest BCUT2D eigenvalue weighted by atomic mass is 35.5. The minimum absolute atomic E-state index is 0.187. The summed E-state index contributed by atoms with van der Waals surface area (Å²) in [6, 6.07) is 9.72. The number of carbonyl (C=O) groups excluding carboxylic acids is 1.